The Bertz CT molecular complexity index is 1110. The molecule has 3 aromatic rings. The first-order valence-electron chi connectivity index (χ1n) is 9.02. The summed E-state index contributed by atoms with van der Waals surface area (Å²) >= 11 is 0. The van der Waals surface area contributed by atoms with Crippen LogP contribution in [-0.4, -0.2) is 35.2 Å². The van der Waals surface area contributed by atoms with Gasteiger partial charge in [0.15, 0.2) is 17.2 Å². The Kier molecular flexibility index (Phi) is 6.08. The predicted molar refractivity (Wildman–Crippen MR) is 106 cm³/mol. The maximum absolute atomic E-state index is 12.5. The highest BCUT2D eigenvalue weighted by molar-refractivity contribution is 6.06. The van der Waals surface area contributed by atoms with Crippen molar-refractivity contribution in [2.75, 3.05) is 13.2 Å². The number of amides is 2. The van der Waals surface area contributed by atoms with Crippen LogP contribution >= 0.6 is 0 Å². The van der Waals surface area contributed by atoms with Crippen molar-refractivity contribution in [3.05, 3.63) is 64.1 Å². The molecule has 1 heterocycles. The summed E-state index contributed by atoms with van der Waals surface area (Å²) in [5.41, 5.74) is 4.49. The van der Waals surface area contributed by atoms with E-state index in [2.05, 4.69) is 21.0 Å². The monoisotopic (exact) mass is 396 g/mol. The third-order valence-corrected chi connectivity index (χ3v) is 4.01. The number of benzene rings is 2. The summed E-state index contributed by atoms with van der Waals surface area (Å²) in [4.78, 5) is 36.7. The molecule has 2 aromatic carbocycles. The van der Waals surface area contributed by atoms with Crippen molar-refractivity contribution in [2.45, 2.75) is 13.8 Å². The van der Waals surface area contributed by atoms with Gasteiger partial charge in [-0.05, 0) is 38.1 Å². The minimum Gasteiger partial charge on any atom is -0.490 e. The molecule has 0 radical (unpaired) electrons. The topological polar surface area (TPSA) is 122 Å². The van der Waals surface area contributed by atoms with E-state index < -0.39 is 17.4 Å². The number of carbonyl (C=O) groups excluding carboxylic acids is 2. The van der Waals surface area contributed by atoms with Gasteiger partial charge in [0.1, 0.15) is 0 Å². The highest BCUT2D eigenvalue weighted by Gasteiger charge is 2.16. The van der Waals surface area contributed by atoms with Crippen LogP contribution < -0.4 is 25.9 Å². The largest absolute Gasteiger partial charge is 0.490 e. The van der Waals surface area contributed by atoms with Gasteiger partial charge in [-0.25, -0.2) is 5.10 Å². The van der Waals surface area contributed by atoms with E-state index in [9.17, 15) is 14.4 Å². The lowest BCUT2D eigenvalue weighted by Crippen LogP contribution is -2.42. The second kappa shape index (κ2) is 8.87. The molecule has 2 amide bonds. The zero-order valence-corrected chi connectivity index (χ0v) is 15.9. The van der Waals surface area contributed by atoms with Crippen LogP contribution in [0, 0.1) is 0 Å². The fraction of sp³-hybridized carbons (Fsp3) is 0.200. The van der Waals surface area contributed by atoms with Crippen molar-refractivity contribution in [3.8, 4) is 11.5 Å². The van der Waals surface area contributed by atoms with Gasteiger partial charge in [0.2, 0.25) is 0 Å². The summed E-state index contributed by atoms with van der Waals surface area (Å²) in [6.07, 6.45) is 0. The van der Waals surface area contributed by atoms with Gasteiger partial charge in [-0.1, -0.05) is 18.2 Å². The number of nitrogens with zero attached hydrogens (tertiary/aromatic N) is 1. The van der Waals surface area contributed by atoms with Crippen LogP contribution in [0.4, 0.5) is 0 Å². The third kappa shape index (κ3) is 4.34. The molecule has 0 bridgehead atoms. The molecule has 0 fully saturated rings. The molecule has 3 rings (SSSR count). The third-order valence-electron chi connectivity index (χ3n) is 4.01. The molecule has 9 nitrogen and oxygen atoms in total. The Morgan fingerprint density at radius 3 is 2.31 bits per heavy atom. The number of ether oxygens (including phenoxy) is 2. The molecule has 0 spiro atoms. The number of carbonyl (C=O) groups is 2. The molecule has 3 N–H and O–H groups in total. The van der Waals surface area contributed by atoms with Gasteiger partial charge < -0.3 is 9.47 Å². The number of aromatic nitrogens is 2. The highest BCUT2D eigenvalue weighted by atomic mass is 16.5. The van der Waals surface area contributed by atoms with E-state index in [-0.39, 0.29) is 11.3 Å². The van der Waals surface area contributed by atoms with Crippen LogP contribution in [0.1, 0.15) is 34.7 Å². The zero-order valence-electron chi connectivity index (χ0n) is 15.9. The Balaban J connectivity index is 1.76. The van der Waals surface area contributed by atoms with Crippen molar-refractivity contribution in [2.24, 2.45) is 0 Å². The van der Waals surface area contributed by atoms with E-state index in [4.69, 9.17) is 9.47 Å². The molecule has 0 saturated heterocycles. The SMILES string of the molecule is CCOc1ccc(C(=O)NNC(=O)c2n[nH]c(=O)c3ccccc23)cc1OCC. The molecule has 0 aliphatic rings. The van der Waals surface area contributed by atoms with Crippen LogP contribution in [0.25, 0.3) is 10.8 Å². The van der Waals surface area contributed by atoms with Gasteiger partial charge in [-0.3, -0.25) is 25.2 Å². The average Bonchev–Trinajstić information content (AvgIpc) is 2.74. The summed E-state index contributed by atoms with van der Waals surface area (Å²) in [5.74, 6) is -0.252. The van der Waals surface area contributed by atoms with E-state index in [1.807, 2.05) is 13.8 Å². The molecule has 1 aromatic heterocycles. The molecule has 0 saturated carbocycles. The molecule has 29 heavy (non-hydrogen) atoms. The van der Waals surface area contributed by atoms with Crippen molar-refractivity contribution >= 4 is 22.6 Å². The van der Waals surface area contributed by atoms with E-state index in [1.54, 1.807) is 36.4 Å². The molecule has 9 heteroatoms. The van der Waals surface area contributed by atoms with Gasteiger partial charge >= 0.3 is 0 Å². The molecule has 150 valence electrons. The van der Waals surface area contributed by atoms with Gasteiger partial charge in [0, 0.05) is 10.9 Å². The first kappa shape index (κ1) is 19.9. The van der Waals surface area contributed by atoms with Gasteiger partial charge in [-0.2, -0.15) is 5.10 Å². The van der Waals surface area contributed by atoms with E-state index in [1.165, 1.54) is 6.07 Å². The number of hydrogen-bond donors (Lipinski definition) is 3. The number of hydrogen-bond acceptors (Lipinski definition) is 6. The van der Waals surface area contributed by atoms with Gasteiger partial charge in [-0.15, -0.1) is 0 Å². The molecular formula is C20H20N4O5. The number of aromatic amines is 1. The van der Waals surface area contributed by atoms with Crippen molar-refractivity contribution in [1.29, 1.82) is 0 Å². The number of rotatable bonds is 6. The van der Waals surface area contributed by atoms with Crippen LogP contribution in [0.5, 0.6) is 11.5 Å². The second-order valence-electron chi connectivity index (χ2n) is 5.88. The fourth-order valence-corrected chi connectivity index (χ4v) is 2.73. The molecule has 0 atom stereocenters. The Hall–Kier alpha value is -3.88. The van der Waals surface area contributed by atoms with Gasteiger partial charge in [0.25, 0.3) is 17.4 Å². The number of H-pyrrole nitrogens is 1. The molecule has 0 unspecified atom stereocenters. The Morgan fingerprint density at radius 1 is 0.931 bits per heavy atom. The number of nitrogens with one attached hydrogen (secondary N) is 3. The summed E-state index contributed by atoms with van der Waals surface area (Å²) in [5, 5.41) is 6.77. The van der Waals surface area contributed by atoms with Crippen LogP contribution in [0.2, 0.25) is 0 Å². The predicted octanol–water partition coefficient (Wildman–Crippen LogP) is 1.80. The van der Waals surface area contributed by atoms with Crippen molar-refractivity contribution in [3.63, 3.8) is 0 Å². The Labute approximate surface area is 166 Å². The first-order chi connectivity index (χ1) is 14.0. The lowest BCUT2D eigenvalue weighted by molar-refractivity contribution is 0.0844. The van der Waals surface area contributed by atoms with Crippen LogP contribution in [-0.2, 0) is 0 Å². The molecular weight excluding hydrogens is 376 g/mol. The summed E-state index contributed by atoms with van der Waals surface area (Å²) in [7, 11) is 0. The maximum atomic E-state index is 12.5. The minimum atomic E-state index is -0.665. The lowest BCUT2D eigenvalue weighted by atomic mass is 10.1. The first-order valence-corrected chi connectivity index (χ1v) is 9.02. The summed E-state index contributed by atoms with van der Waals surface area (Å²) < 4.78 is 11.0. The second-order valence-corrected chi connectivity index (χ2v) is 5.88. The average molecular weight is 396 g/mol. The van der Waals surface area contributed by atoms with Gasteiger partial charge in [0.05, 0.1) is 18.6 Å². The van der Waals surface area contributed by atoms with Crippen LogP contribution in [0.3, 0.4) is 0 Å². The van der Waals surface area contributed by atoms with E-state index in [0.717, 1.165) is 0 Å². The smallest absolute Gasteiger partial charge is 0.290 e. The minimum absolute atomic E-state index is 0.0119. The summed E-state index contributed by atoms with van der Waals surface area (Å²) in [6, 6.07) is 11.3. The highest BCUT2D eigenvalue weighted by Crippen LogP contribution is 2.28. The normalized spacial score (nSPS) is 10.4. The molecule has 0 aliphatic heterocycles. The summed E-state index contributed by atoms with van der Waals surface area (Å²) in [6.45, 7) is 4.54. The van der Waals surface area contributed by atoms with E-state index >= 15 is 0 Å². The molecule has 0 aliphatic carbocycles. The van der Waals surface area contributed by atoms with E-state index in [0.29, 0.717) is 35.5 Å². The standard InChI is InChI=1S/C20H20N4O5/c1-3-28-15-10-9-12(11-16(15)29-4-2)18(25)22-24-20(27)17-13-7-5-6-8-14(13)19(26)23-21-17/h5-11H,3-4H2,1-2H3,(H,22,25)(H,23,26)(H,24,27). The van der Waals surface area contributed by atoms with Crippen molar-refractivity contribution in [1.82, 2.24) is 21.0 Å². The van der Waals surface area contributed by atoms with Crippen LogP contribution in [0.15, 0.2) is 47.3 Å². The fourth-order valence-electron chi connectivity index (χ4n) is 2.73. The Morgan fingerprint density at radius 2 is 1.59 bits per heavy atom. The lowest BCUT2D eigenvalue weighted by Gasteiger charge is -2.13. The zero-order chi connectivity index (χ0) is 20.8. The quantitative estimate of drug-likeness (QED) is 0.546. The maximum Gasteiger partial charge on any atom is 0.290 e. The number of hydrazine groups is 1. The van der Waals surface area contributed by atoms with Crippen molar-refractivity contribution < 1.29 is 19.1 Å². The number of fused-ring (bicyclic) bond motifs is 1.